The van der Waals surface area contributed by atoms with Crippen molar-refractivity contribution >= 4 is 39.3 Å². The summed E-state index contributed by atoms with van der Waals surface area (Å²) in [6.45, 7) is -0.117. The predicted octanol–water partition coefficient (Wildman–Crippen LogP) is 1.42. The van der Waals surface area contributed by atoms with Gasteiger partial charge < -0.3 is 11.1 Å². The van der Waals surface area contributed by atoms with Crippen molar-refractivity contribution in [3.8, 4) is 0 Å². The van der Waals surface area contributed by atoms with E-state index >= 15 is 0 Å². The van der Waals surface area contributed by atoms with E-state index in [1.165, 1.54) is 12.1 Å². The molecule has 5 N–H and O–H groups in total. The van der Waals surface area contributed by atoms with Crippen LogP contribution in [0.4, 0.5) is 5.69 Å². The van der Waals surface area contributed by atoms with Gasteiger partial charge in [-0.3, -0.25) is 19.8 Å². The lowest BCUT2D eigenvalue weighted by Gasteiger charge is -2.09. The maximum Gasteiger partial charge on any atom is 0.266 e. The molecule has 0 saturated heterocycles. The molecule has 0 unspecified atom stereocenters. The van der Waals surface area contributed by atoms with E-state index in [0.29, 0.717) is 21.3 Å². The third-order valence-electron chi connectivity index (χ3n) is 3.02. The van der Waals surface area contributed by atoms with Gasteiger partial charge in [0.2, 0.25) is 11.8 Å². The van der Waals surface area contributed by atoms with Gasteiger partial charge in [-0.05, 0) is 52.3 Å². The molecule has 0 heterocycles. The van der Waals surface area contributed by atoms with Gasteiger partial charge in [-0.2, -0.15) is 0 Å². The Hall–Kier alpha value is -2.71. The van der Waals surface area contributed by atoms with Crippen LogP contribution in [0.1, 0.15) is 20.7 Å². The first-order chi connectivity index (χ1) is 11.5. The fourth-order valence-corrected chi connectivity index (χ4v) is 2.31. The summed E-state index contributed by atoms with van der Waals surface area (Å²) in [5.41, 5.74) is 11.5. The lowest BCUT2D eigenvalue weighted by atomic mass is 10.2. The summed E-state index contributed by atoms with van der Waals surface area (Å²) in [4.78, 5) is 34.7. The Bertz CT molecular complexity index is 762. The number of carbonyl (C=O) groups excluding carboxylic acids is 3. The summed E-state index contributed by atoms with van der Waals surface area (Å²) >= 11 is 3.28. The van der Waals surface area contributed by atoms with Crippen LogP contribution in [0.5, 0.6) is 0 Å². The molecule has 0 spiro atoms. The number of benzene rings is 2. The minimum absolute atomic E-state index is 0.117. The molecule has 0 aliphatic carbocycles. The van der Waals surface area contributed by atoms with Crippen molar-refractivity contribution in [2.45, 2.75) is 0 Å². The molecule has 2 rings (SSSR count). The van der Waals surface area contributed by atoms with Gasteiger partial charge in [0.1, 0.15) is 0 Å². The van der Waals surface area contributed by atoms with Gasteiger partial charge in [0.05, 0.1) is 12.1 Å². The summed E-state index contributed by atoms with van der Waals surface area (Å²) in [6.07, 6.45) is 0. The Balaban J connectivity index is 1.80. The van der Waals surface area contributed by atoms with Gasteiger partial charge in [0, 0.05) is 15.7 Å². The molecule has 7 nitrogen and oxygen atoms in total. The normalized spacial score (nSPS) is 10.0. The predicted molar refractivity (Wildman–Crippen MR) is 93.2 cm³/mol. The number of primary amides is 1. The van der Waals surface area contributed by atoms with Gasteiger partial charge in [-0.15, -0.1) is 0 Å². The smallest absolute Gasteiger partial charge is 0.266 e. The van der Waals surface area contributed by atoms with Crippen LogP contribution in [0.25, 0.3) is 0 Å². The Morgan fingerprint density at radius 1 is 1.00 bits per heavy atom. The Kier molecular flexibility index (Phi) is 6.05. The first kappa shape index (κ1) is 17.6. The summed E-state index contributed by atoms with van der Waals surface area (Å²) in [5.74, 6) is -1.25. The van der Waals surface area contributed by atoms with Crippen LogP contribution in [0.2, 0.25) is 0 Å². The van der Waals surface area contributed by atoms with Crippen LogP contribution in [-0.4, -0.2) is 24.3 Å². The number of rotatable bonds is 6. The first-order valence-corrected chi connectivity index (χ1v) is 7.74. The molecule has 2 aromatic carbocycles. The Morgan fingerprint density at radius 2 is 1.67 bits per heavy atom. The molecule has 0 fully saturated rings. The number of amides is 3. The van der Waals surface area contributed by atoms with Crippen LogP contribution in [-0.2, 0) is 4.79 Å². The minimum atomic E-state index is -0.538. The number of anilines is 1. The average Bonchev–Trinajstić information content (AvgIpc) is 2.55. The number of hydrogen-bond donors (Lipinski definition) is 4. The second kappa shape index (κ2) is 8.23. The lowest BCUT2D eigenvalue weighted by Crippen LogP contribution is -2.42. The second-order valence-electron chi connectivity index (χ2n) is 4.78. The van der Waals surface area contributed by atoms with Crippen LogP contribution < -0.4 is 21.9 Å². The van der Waals surface area contributed by atoms with Gasteiger partial charge in [-0.1, -0.05) is 12.1 Å². The molecular weight excluding hydrogens is 376 g/mol. The third-order valence-corrected chi connectivity index (χ3v) is 3.71. The van der Waals surface area contributed by atoms with Crippen LogP contribution in [0.15, 0.2) is 53.0 Å². The van der Waals surface area contributed by atoms with Crippen molar-refractivity contribution in [3.05, 3.63) is 64.1 Å². The number of hydrogen-bond acceptors (Lipinski definition) is 4. The van der Waals surface area contributed by atoms with E-state index < -0.39 is 5.91 Å². The zero-order chi connectivity index (χ0) is 17.5. The number of nitrogens with two attached hydrogens (primary N) is 1. The quantitative estimate of drug-likeness (QED) is 0.558. The topological polar surface area (TPSA) is 113 Å². The third kappa shape index (κ3) is 4.90. The van der Waals surface area contributed by atoms with Crippen molar-refractivity contribution in [2.75, 3.05) is 11.9 Å². The van der Waals surface area contributed by atoms with Crippen molar-refractivity contribution in [1.29, 1.82) is 0 Å². The van der Waals surface area contributed by atoms with Crippen LogP contribution >= 0.6 is 15.9 Å². The largest absolute Gasteiger partial charge is 0.366 e. The van der Waals surface area contributed by atoms with E-state index in [2.05, 4.69) is 32.1 Å². The van der Waals surface area contributed by atoms with E-state index in [-0.39, 0.29) is 18.4 Å². The fraction of sp³-hybridized carbons (Fsp3) is 0.0625. The SMILES string of the molecule is NC(=O)c1ccc(NC(=O)CNNC(=O)c2ccccc2Br)cc1. The molecular formula is C16H15BrN4O3. The Morgan fingerprint density at radius 3 is 2.29 bits per heavy atom. The molecule has 3 amide bonds. The van der Waals surface area contributed by atoms with E-state index in [1.54, 1.807) is 36.4 Å². The molecule has 0 aliphatic heterocycles. The molecule has 8 heteroatoms. The maximum atomic E-state index is 11.9. The fourth-order valence-electron chi connectivity index (χ4n) is 1.84. The second-order valence-corrected chi connectivity index (χ2v) is 5.63. The van der Waals surface area contributed by atoms with Crippen molar-refractivity contribution in [3.63, 3.8) is 0 Å². The number of carbonyl (C=O) groups is 3. The molecule has 0 aromatic heterocycles. The average molecular weight is 391 g/mol. The van der Waals surface area contributed by atoms with Crippen molar-refractivity contribution in [2.24, 2.45) is 5.73 Å². The van der Waals surface area contributed by atoms with Crippen LogP contribution in [0, 0.1) is 0 Å². The zero-order valence-corrected chi connectivity index (χ0v) is 14.1. The number of nitrogens with one attached hydrogen (secondary N) is 3. The standard InChI is InChI=1S/C16H15BrN4O3/c17-13-4-2-1-3-12(13)16(24)21-19-9-14(22)20-11-7-5-10(6-8-11)15(18)23/h1-8,19H,9H2,(H2,18,23)(H,20,22)(H,21,24). The highest BCUT2D eigenvalue weighted by molar-refractivity contribution is 9.10. The Labute approximate surface area is 146 Å². The molecule has 2 aromatic rings. The van der Waals surface area contributed by atoms with Gasteiger partial charge in [0.25, 0.3) is 5.91 Å². The van der Waals surface area contributed by atoms with Crippen LogP contribution in [0.3, 0.4) is 0 Å². The number of halogens is 1. The molecule has 0 bridgehead atoms. The highest BCUT2D eigenvalue weighted by atomic mass is 79.9. The van der Waals surface area contributed by atoms with E-state index in [9.17, 15) is 14.4 Å². The molecule has 0 atom stereocenters. The highest BCUT2D eigenvalue weighted by Crippen LogP contribution is 2.15. The van der Waals surface area contributed by atoms with Crippen molar-refractivity contribution < 1.29 is 14.4 Å². The molecule has 24 heavy (non-hydrogen) atoms. The van der Waals surface area contributed by atoms with E-state index in [1.807, 2.05) is 0 Å². The first-order valence-electron chi connectivity index (χ1n) is 6.95. The van der Waals surface area contributed by atoms with Gasteiger partial charge in [0.15, 0.2) is 0 Å². The summed E-state index contributed by atoms with van der Waals surface area (Å²) < 4.78 is 0.656. The van der Waals surface area contributed by atoms with Gasteiger partial charge >= 0.3 is 0 Å². The monoisotopic (exact) mass is 390 g/mol. The van der Waals surface area contributed by atoms with Gasteiger partial charge in [-0.25, -0.2) is 5.43 Å². The summed E-state index contributed by atoms with van der Waals surface area (Å²) in [6, 6.07) is 13.1. The van der Waals surface area contributed by atoms with Crippen molar-refractivity contribution in [1.82, 2.24) is 10.9 Å². The summed E-state index contributed by atoms with van der Waals surface area (Å²) in [5, 5.41) is 2.62. The zero-order valence-electron chi connectivity index (χ0n) is 12.5. The maximum absolute atomic E-state index is 11.9. The van der Waals surface area contributed by atoms with E-state index in [0.717, 1.165) is 0 Å². The minimum Gasteiger partial charge on any atom is -0.366 e. The number of hydrazine groups is 1. The molecule has 0 saturated carbocycles. The molecule has 0 radical (unpaired) electrons. The highest BCUT2D eigenvalue weighted by Gasteiger charge is 2.09. The molecule has 124 valence electrons. The molecule has 0 aliphatic rings. The lowest BCUT2D eigenvalue weighted by molar-refractivity contribution is -0.115. The van der Waals surface area contributed by atoms with E-state index in [4.69, 9.17) is 5.73 Å². The summed E-state index contributed by atoms with van der Waals surface area (Å²) in [7, 11) is 0.